The number of benzene rings is 1. The summed E-state index contributed by atoms with van der Waals surface area (Å²) in [6.45, 7) is 1.85. The van der Waals surface area contributed by atoms with Crippen molar-refractivity contribution in [3.05, 3.63) is 47.6 Å². The number of nitrogens with one attached hydrogen (secondary N) is 2. The number of urea groups is 1. The lowest BCUT2D eigenvalue weighted by atomic mass is 9.77. The van der Waals surface area contributed by atoms with Crippen LogP contribution in [0, 0.1) is 5.92 Å². The lowest BCUT2D eigenvalue weighted by Gasteiger charge is -2.33. The number of amides is 4. The number of imide groups is 1. The third kappa shape index (κ3) is 4.19. The van der Waals surface area contributed by atoms with Gasteiger partial charge in [-0.05, 0) is 37.2 Å². The summed E-state index contributed by atoms with van der Waals surface area (Å²) in [5.41, 5.74) is 0.210. The van der Waals surface area contributed by atoms with E-state index in [4.69, 9.17) is 4.52 Å². The Balaban J connectivity index is 1.29. The molecule has 0 atom stereocenters. The number of hydrogen-bond donors (Lipinski definition) is 2. The van der Waals surface area contributed by atoms with Crippen LogP contribution in [0.1, 0.15) is 49.9 Å². The number of hydrogen-bond acceptors (Lipinski definition) is 6. The van der Waals surface area contributed by atoms with Crippen molar-refractivity contribution in [1.82, 2.24) is 25.7 Å². The summed E-state index contributed by atoms with van der Waals surface area (Å²) in [5, 5.41) is 9.36. The fourth-order valence-electron chi connectivity index (χ4n) is 4.00. The van der Waals surface area contributed by atoms with Crippen LogP contribution in [0.4, 0.5) is 4.79 Å². The van der Waals surface area contributed by atoms with Gasteiger partial charge < -0.3 is 15.2 Å². The molecule has 1 saturated carbocycles. The second-order valence-electron chi connectivity index (χ2n) is 8.13. The van der Waals surface area contributed by atoms with Crippen LogP contribution in [0.25, 0.3) is 0 Å². The van der Waals surface area contributed by atoms with Gasteiger partial charge in [0.25, 0.3) is 5.91 Å². The lowest BCUT2D eigenvalue weighted by molar-refractivity contribution is -0.136. The van der Waals surface area contributed by atoms with E-state index in [1.807, 2.05) is 30.3 Å². The molecule has 1 aromatic heterocycles. The van der Waals surface area contributed by atoms with E-state index in [9.17, 15) is 14.4 Å². The molecule has 0 bridgehead atoms. The molecule has 9 nitrogen and oxygen atoms in total. The van der Waals surface area contributed by atoms with Crippen LogP contribution in [0.5, 0.6) is 0 Å². The zero-order valence-electron chi connectivity index (χ0n) is 16.9. The molecule has 0 radical (unpaired) electrons. The Morgan fingerprint density at radius 3 is 2.73 bits per heavy atom. The smallest absolute Gasteiger partial charge is 0.325 e. The predicted octanol–water partition coefficient (Wildman–Crippen LogP) is 1.78. The summed E-state index contributed by atoms with van der Waals surface area (Å²) in [4.78, 5) is 42.7. The van der Waals surface area contributed by atoms with Gasteiger partial charge in [-0.1, -0.05) is 42.4 Å². The topological polar surface area (TPSA) is 117 Å². The van der Waals surface area contributed by atoms with Crippen molar-refractivity contribution < 1.29 is 18.9 Å². The first-order valence-electron chi connectivity index (χ1n) is 10.2. The number of carbonyl (C=O) groups is 3. The fourth-order valence-corrected chi connectivity index (χ4v) is 4.00. The van der Waals surface area contributed by atoms with Gasteiger partial charge in [-0.15, -0.1) is 0 Å². The van der Waals surface area contributed by atoms with Gasteiger partial charge in [-0.2, -0.15) is 4.98 Å². The molecule has 2 fully saturated rings. The minimum atomic E-state index is -0.845. The molecule has 4 amide bonds. The Labute approximate surface area is 174 Å². The SMILES string of the molecule is CC1CCC2(CC1)NC(=O)N(CC(=O)NCc1nc(Cc3ccccc3)no1)C2=O. The second-order valence-corrected chi connectivity index (χ2v) is 8.13. The Kier molecular flexibility index (Phi) is 5.52. The van der Waals surface area contributed by atoms with Gasteiger partial charge in [-0.3, -0.25) is 14.5 Å². The predicted molar refractivity (Wildman–Crippen MR) is 106 cm³/mol. The third-order valence-electron chi connectivity index (χ3n) is 5.83. The van der Waals surface area contributed by atoms with Gasteiger partial charge in [0.15, 0.2) is 5.82 Å². The first-order valence-corrected chi connectivity index (χ1v) is 10.2. The standard InChI is InChI=1S/C21H25N5O4/c1-14-7-9-21(10-8-14)19(28)26(20(29)24-21)13-17(27)22-12-18-23-16(25-30-18)11-15-5-3-2-4-6-15/h2-6,14H,7-13H2,1H3,(H,22,27)(H,24,29). The normalized spacial score (nSPS) is 23.6. The highest BCUT2D eigenvalue weighted by Crippen LogP contribution is 2.36. The molecule has 30 heavy (non-hydrogen) atoms. The Bertz CT molecular complexity index is 934. The van der Waals surface area contributed by atoms with Crippen LogP contribution in [0.15, 0.2) is 34.9 Å². The molecule has 2 N–H and O–H groups in total. The summed E-state index contributed by atoms with van der Waals surface area (Å²) in [6.07, 6.45) is 3.52. The van der Waals surface area contributed by atoms with Gasteiger partial charge in [0.1, 0.15) is 12.1 Å². The molecule has 2 aromatic rings. The first-order chi connectivity index (χ1) is 14.4. The quantitative estimate of drug-likeness (QED) is 0.700. The van der Waals surface area contributed by atoms with Crippen LogP contribution in [0.3, 0.4) is 0 Å². The molecular weight excluding hydrogens is 386 g/mol. The van der Waals surface area contributed by atoms with Gasteiger partial charge >= 0.3 is 6.03 Å². The summed E-state index contributed by atoms with van der Waals surface area (Å²) in [5.74, 6) is 0.566. The molecule has 1 aliphatic carbocycles. The minimum Gasteiger partial charge on any atom is -0.345 e. The van der Waals surface area contributed by atoms with E-state index >= 15 is 0 Å². The van der Waals surface area contributed by atoms with Crippen LogP contribution in [-0.2, 0) is 22.6 Å². The number of carbonyl (C=O) groups excluding carboxylic acids is 3. The van der Waals surface area contributed by atoms with Gasteiger partial charge in [0, 0.05) is 6.42 Å². The number of rotatable bonds is 6. The largest absolute Gasteiger partial charge is 0.345 e. The summed E-state index contributed by atoms with van der Waals surface area (Å²) in [7, 11) is 0. The zero-order chi connectivity index (χ0) is 21.1. The average molecular weight is 411 g/mol. The second kappa shape index (κ2) is 8.25. The van der Waals surface area contributed by atoms with Crippen molar-refractivity contribution in [2.45, 2.75) is 51.1 Å². The lowest BCUT2D eigenvalue weighted by Crippen LogP contribution is -2.49. The Morgan fingerprint density at radius 2 is 2.00 bits per heavy atom. The molecule has 1 spiro atoms. The maximum atomic E-state index is 12.8. The highest BCUT2D eigenvalue weighted by atomic mass is 16.5. The minimum absolute atomic E-state index is 0.0347. The van der Waals surface area contributed by atoms with Crippen molar-refractivity contribution >= 4 is 17.8 Å². The molecule has 9 heteroatoms. The number of aromatic nitrogens is 2. The summed E-state index contributed by atoms with van der Waals surface area (Å²) in [6, 6.07) is 9.23. The molecule has 2 heterocycles. The third-order valence-corrected chi connectivity index (χ3v) is 5.83. The van der Waals surface area contributed by atoms with Crippen molar-refractivity contribution in [1.29, 1.82) is 0 Å². The van der Waals surface area contributed by atoms with Crippen molar-refractivity contribution in [3.63, 3.8) is 0 Å². The van der Waals surface area contributed by atoms with E-state index < -0.39 is 17.5 Å². The van der Waals surface area contributed by atoms with E-state index in [1.165, 1.54) is 0 Å². The Hall–Kier alpha value is -3.23. The van der Waals surface area contributed by atoms with E-state index in [0.717, 1.165) is 23.3 Å². The molecule has 1 aromatic carbocycles. The fraction of sp³-hybridized carbons (Fsp3) is 0.476. The van der Waals surface area contributed by atoms with Crippen LogP contribution in [0.2, 0.25) is 0 Å². The van der Waals surface area contributed by atoms with Gasteiger partial charge in [0.2, 0.25) is 11.8 Å². The van der Waals surface area contributed by atoms with Gasteiger partial charge in [0.05, 0.1) is 6.54 Å². The summed E-state index contributed by atoms with van der Waals surface area (Å²) < 4.78 is 5.16. The first kappa shape index (κ1) is 20.1. The molecule has 0 unspecified atom stereocenters. The molecule has 2 aliphatic rings. The Morgan fingerprint density at radius 1 is 1.27 bits per heavy atom. The van der Waals surface area contributed by atoms with Crippen LogP contribution < -0.4 is 10.6 Å². The van der Waals surface area contributed by atoms with E-state index in [1.54, 1.807) is 0 Å². The van der Waals surface area contributed by atoms with Crippen molar-refractivity contribution in [2.75, 3.05) is 6.54 Å². The van der Waals surface area contributed by atoms with E-state index in [2.05, 4.69) is 27.7 Å². The maximum absolute atomic E-state index is 12.8. The molecule has 4 rings (SSSR count). The average Bonchev–Trinajstić information content (AvgIpc) is 3.28. The highest BCUT2D eigenvalue weighted by Gasteiger charge is 2.52. The molecule has 158 valence electrons. The zero-order valence-corrected chi connectivity index (χ0v) is 16.9. The monoisotopic (exact) mass is 411 g/mol. The molecule has 1 saturated heterocycles. The summed E-state index contributed by atoms with van der Waals surface area (Å²) >= 11 is 0. The highest BCUT2D eigenvalue weighted by molar-refractivity contribution is 6.09. The van der Waals surface area contributed by atoms with E-state index in [0.29, 0.717) is 31.0 Å². The maximum Gasteiger partial charge on any atom is 0.325 e. The van der Waals surface area contributed by atoms with Crippen molar-refractivity contribution in [3.8, 4) is 0 Å². The molecule has 1 aliphatic heterocycles. The van der Waals surface area contributed by atoms with E-state index in [-0.39, 0.29) is 24.9 Å². The number of nitrogens with zero attached hydrogens (tertiary/aromatic N) is 3. The van der Waals surface area contributed by atoms with Crippen molar-refractivity contribution in [2.24, 2.45) is 5.92 Å². The van der Waals surface area contributed by atoms with Gasteiger partial charge in [-0.25, -0.2) is 4.79 Å². The van der Waals surface area contributed by atoms with Crippen LogP contribution >= 0.6 is 0 Å². The van der Waals surface area contributed by atoms with Crippen LogP contribution in [-0.4, -0.2) is 45.0 Å². The molecular formula is C21H25N5O4.